The van der Waals surface area contributed by atoms with Gasteiger partial charge >= 0.3 is 0 Å². The van der Waals surface area contributed by atoms with Crippen LogP contribution in [0.15, 0.2) is 12.1 Å². The Morgan fingerprint density at radius 1 is 1.50 bits per heavy atom. The van der Waals surface area contributed by atoms with Crippen LogP contribution in [0.5, 0.6) is 5.75 Å². The van der Waals surface area contributed by atoms with Crippen LogP contribution in [0.3, 0.4) is 0 Å². The molecule has 0 bridgehead atoms. The van der Waals surface area contributed by atoms with Crippen molar-refractivity contribution in [2.75, 3.05) is 7.11 Å². The zero-order valence-electron chi connectivity index (χ0n) is 8.42. The van der Waals surface area contributed by atoms with Crippen molar-refractivity contribution in [2.45, 2.75) is 13.8 Å². The van der Waals surface area contributed by atoms with Crippen molar-refractivity contribution in [1.29, 1.82) is 5.26 Å². The summed E-state index contributed by atoms with van der Waals surface area (Å²) in [7, 11) is 1.49. The molecule has 0 fully saturated rings. The van der Waals surface area contributed by atoms with Gasteiger partial charge in [-0.25, -0.2) is 0 Å². The van der Waals surface area contributed by atoms with E-state index in [2.05, 4.69) is 0 Å². The van der Waals surface area contributed by atoms with Gasteiger partial charge in [0.15, 0.2) is 5.78 Å². The number of carbonyl (C=O) groups is 1. The fourth-order valence-electron chi connectivity index (χ4n) is 1.26. The summed E-state index contributed by atoms with van der Waals surface area (Å²) >= 11 is 0. The normalized spacial score (nSPS) is 9.29. The van der Waals surface area contributed by atoms with Crippen LogP contribution in [0.4, 0.5) is 0 Å². The van der Waals surface area contributed by atoms with Crippen LogP contribution in [0.25, 0.3) is 0 Å². The highest BCUT2D eigenvalue weighted by atomic mass is 16.5. The van der Waals surface area contributed by atoms with E-state index in [1.807, 2.05) is 6.07 Å². The topological polar surface area (TPSA) is 50.1 Å². The Morgan fingerprint density at radius 3 is 2.57 bits per heavy atom. The van der Waals surface area contributed by atoms with Gasteiger partial charge in [-0.15, -0.1) is 0 Å². The maximum atomic E-state index is 11.1. The molecule has 0 amide bonds. The van der Waals surface area contributed by atoms with Crippen LogP contribution in [0, 0.1) is 18.3 Å². The summed E-state index contributed by atoms with van der Waals surface area (Å²) in [6.07, 6.45) is 0. The molecule has 1 rings (SSSR count). The number of Topliss-reactive ketones (excluding diaryl/α,β-unsaturated/α-hetero) is 1. The molecule has 72 valence electrons. The number of ketones is 1. The Kier molecular flexibility index (Phi) is 2.88. The van der Waals surface area contributed by atoms with Gasteiger partial charge < -0.3 is 4.74 Å². The molecule has 0 aliphatic carbocycles. The van der Waals surface area contributed by atoms with E-state index < -0.39 is 0 Å². The number of nitriles is 1. The van der Waals surface area contributed by atoms with E-state index in [0.717, 1.165) is 5.56 Å². The second-order valence-electron chi connectivity index (χ2n) is 3.04. The van der Waals surface area contributed by atoms with Crippen molar-refractivity contribution in [3.05, 3.63) is 28.8 Å². The molecule has 0 saturated heterocycles. The van der Waals surface area contributed by atoms with Gasteiger partial charge in [0.05, 0.1) is 12.7 Å². The predicted octanol–water partition coefficient (Wildman–Crippen LogP) is 2.08. The highest BCUT2D eigenvalue weighted by Crippen LogP contribution is 2.23. The first-order valence-corrected chi connectivity index (χ1v) is 4.19. The minimum absolute atomic E-state index is 0.0316. The number of benzene rings is 1. The minimum atomic E-state index is -0.0316. The molecule has 0 saturated carbocycles. The average Bonchev–Trinajstić information content (AvgIpc) is 2.16. The fourth-order valence-corrected chi connectivity index (χ4v) is 1.26. The Morgan fingerprint density at radius 2 is 2.14 bits per heavy atom. The van der Waals surface area contributed by atoms with Crippen molar-refractivity contribution in [2.24, 2.45) is 0 Å². The first kappa shape index (κ1) is 10.3. The van der Waals surface area contributed by atoms with Crippen LogP contribution in [-0.2, 0) is 0 Å². The van der Waals surface area contributed by atoms with Crippen LogP contribution in [0.2, 0.25) is 0 Å². The molecule has 0 spiro atoms. The summed E-state index contributed by atoms with van der Waals surface area (Å²) in [5.74, 6) is 0.425. The summed E-state index contributed by atoms with van der Waals surface area (Å²) in [6.45, 7) is 3.27. The third kappa shape index (κ3) is 1.74. The van der Waals surface area contributed by atoms with Gasteiger partial charge in [-0.3, -0.25) is 4.79 Å². The number of hydrogen-bond acceptors (Lipinski definition) is 3. The monoisotopic (exact) mass is 189 g/mol. The molecular formula is C11H11NO2. The third-order valence-electron chi connectivity index (χ3n) is 2.04. The molecule has 3 heteroatoms. The first-order valence-electron chi connectivity index (χ1n) is 4.19. The lowest BCUT2D eigenvalue weighted by Gasteiger charge is -2.07. The molecule has 0 unspecified atom stereocenters. The van der Waals surface area contributed by atoms with Gasteiger partial charge in [-0.1, -0.05) is 0 Å². The number of carbonyl (C=O) groups excluding carboxylic acids is 1. The predicted molar refractivity (Wildman–Crippen MR) is 52.5 cm³/mol. The Labute approximate surface area is 82.9 Å². The van der Waals surface area contributed by atoms with Crippen LogP contribution < -0.4 is 4.74 Å². The van der Waals surface area contributed by atoms with E-state index in [9.17, 15) is 4.79 Å². The summed E-state index contributed by atoms with van der Waals surface area (Å²) in [5, 5.41) is 8.84. The second kappa shape index (κ2) is 3.93. The molecule has 0 aliphatic heterocycles. The van der Waals surface area contributed by atoms with Crippen LogP contribution in [-0.4, -0.2) is 12.9 Å². The van der Waals surface area contributed by atoms with E-state index in [1.165, 1.54) is 14.0 Å². The Bertz CT molecular complexity index is 416. The smallest absolute Gasteiger partial charge is 0.159 e. The van der Waals surface area contributed by atoms with Crippen LogP contribution >= 0.6 is 0 Å². The van der Waals surface area contributed by atoms with E-state index in [0.29, 0.717) is 16.9 Å². The molecular weight excluding hydrogens is 178 g/mol. The minimum Gasteiger partial charge on any atom is -0.495 e. The molecule has 0 N–H and O–H groups in total. The maximum Gasteiger partial charge on any atom is 0.159 e. The third-order valence-corrected chi connectivity index (χ3v) is 2.04. The molecule has 1 aromatic carbocycles. The zero-order chi connectivity index (χ0) is 10.7. The number of aryl methyl sites for hydroxylation is 1. The lowest BCUT2D eigenvalue weighted by molar-refractivity contribution is 0.101. The molecule has 0 aromatic heterocycles. The van der Waals surface area contributed by atoms with Crippen LogP contribution in [0.1, 0.15) is 28.4 Å². The largest absolute Gasteiger partial charge is 0.495 e. The molecule has 0 radical (unpaired) electrons. The SMILES string of the molecule is COc1cc(C(C)=O)cc(C)c1C#N. The molecule has 0 atom stereocenters. The van der Waals surface area contributed by atoms with Gasteiger partial charge in [0.1, 0.15) is 11.8 Å². The molecule has 3 nitrogen and oxygen atoms in total. The highest BCUT2D eigenvalue weighted by Gasteiger charge is 2.10. The summed E-state index contributed by atoms with van der Waals surface area (Å²) < 4.78 is 5.03. The molecule has 0 aliphatic rings. The fraction of sp³-hybridized carbons (Fsp3) is 0.273. The lowest BCUT2D eigenvalue weighted by atomic mass is 10.0. The van der Waals surface area contributed by atoms with Crippen molar-refractivity contribution in [3.63, 3.8) is 0 Å². The van der Waals surface area contributed by atoms with Gasteiger partial charge in [0.25, 0.3) is 0 Å². The average molecular weight is 189 g/mol. The number of rotatable bonds is 2. The summed E-state index contributed by atoms with van der Waals surface area (Å²) in [5.41, 5.74) is 1.81. The van der Waals surface area contributed by atoms with Crippen molar-refractivity contribution in [1.82, 2.24) is 0 Å². The van der Waals surface area contributed by atoms with E-state index >= 15 is 0 Å². The molecule has 1 aromatic rings. The number of methoxy groups -OCH3 is 1. The molecule has 0 heterocycles. The van der Waals surface area contributed by atoms with Gasteiger partial charge in [0.2, 0.25) is 0 Å². The molecule has 14 heavy (non-hydrogen) atoms. The Hall–Kier alpha value is -1.82. The highest BCUT2D eigenvalue weighted by molar-refractivity contribution is 5.95. The number of nitrogens with zero attached hydrogens (tertiary/aromatic N) is 1. The number of ether oxygens (including phenoxy) is 1. The van der Waals surface area contributed by atoms with E-state index in [1.54, 1.807) is 19.1 Å². The van der Waals surface area contributed by atoms with Crippen molar-refractivity contribution in [3.8, 4) is 11.8 Å². The maximum absolute atomic E-state index is 11.1. The van der Waals surface area contributed by atoms with E-state index in [4.69, 9.17) is 10.00 Å². The summed E-state index contributed by atoms with van der Waals surface area (Å²) in [4.78, 5) is 11.1. The standard InChI is InChI=1S/C11H11NO2/c1-7-4-9(8(2)13)5-11(14-3)10(7)6-12/h4-5H,1-3H3. The van der Waals surface area contributed by atoms with Gasteiger partial charge in [-0.2, -0.15) is 5.26 Å². The van der Waals surface area contributed by atoms with Crippen molar-refractivity contribution >= 4 is 5.78 Å². The van der Waals surface area contributed by atoms with Gasteiger partial charge in [0, 0.05) is 5.56 Å². The first-order chi connectivity index (χ1) is 6.60. The van der Waals surface area contributed by atoms with Crippen molar-refractivity contribution < 1.29 is 9.53 Å². The van der Waals surface area contributed by atoms with E-state index in [-0.39, 0.29) is 5.78 Å². The van der Waals surface area contributed by atoms with Gasteiger partial charge in [-0.05, 0) is 31.5 Å². The lowest BCUT2D eigenvalue weighted by Crippen LogP contribution is -1.98. The zero-order valence-corrected chi connectivity index (χ0v) is 8.42. The number of hydrogen-bond donors (Lipinski definition) is 0. The quantitative estimate of drug-likeness (QED) is 0.669. The second-order valence-corrected chi connectivity index (χ2v) is 3.04. The summed E-state index contributed by atoms with van der Waals surface area (Å²) in [6, 6.07) is 5.33. The Balaban J connectivity index is 3.40.